The maximum atomic E-state index is 11.5. The van der Waals surface area contributed by atoms with Crippen LogP contribution in [-0.2, 0) is 10.8 Å². The molecule has 16 heavy (non-hydrogen) atoms. The number of thioether (sulfide) groups is 2. The number of hydrogen-bond acceptors (Lipinski definition) is 3. The second kappa shape index (κ2) is 12.9. The van der Waals surface area contributed by atoms with Gasteiger partial charge in [-0.25, -0.2) is 0 Å². The summed E-state index contributed by atoms with van der Waals surface area (Å²) in [6, 6.07) is 0. The van der Waals surface area contributed by atoms with Crippen molar-refractivity contribution in [2.75, 3.05) is 23.0 Å². The molecule has 0 amide bonds. The Morgan fingerprint density at radius 3 is 1.75 bits per heavy atom. The molecule has 0 aliphatic carbocycles. The van der Waals surface area contributed by atoms with E-state index < -0.39 is 10.8 Å². The zero-order chi connectivity index (χ0) is 12.1. The summed E-state index contributed by atoms with van der Waals surface area (Å²) < 4.78 is 11.5. The Morgan fingerprint density at radius 2 is 1.38 bits per heavy atom. The smallest absolute Gasteiger partial charge is 0.0426 e. The van der Waals surface area contributed by atoms with Crippen molar-refractivity contribution in [2.45, 2.75) is 0 Å². The highest BCUT2D eigenvalue weighted by Gasteiger charge is 1.91. The first-order valence-corrected chi connectivity index (χ1v) is 8.49. The average Bonchev–Trinajstić information content (AvgIpc) is 2.28. The Balaban J connectivity index is 3.50. The van der Waals surface area contributed by atoms with Crippen LogP contribution in [0.1, 0.15) is 0 Å². The van der Waals surface area contributed by atoms with Crippen LogP contribution in [0.5, 0.6) is 0 Å². The molecular formula is C12H18OS3. The largest absolute Gasteiger partial charge is 0.259 e. The fraction of sp³-hybridized carbons (Fsp3) is 0.333. The van der Waals surface area contributed by atoms with Crippen LogP contribution >= 0.6 is 23.5 Å². The summed E-state index contributed by atoms with van der Waals surface area (Å²) in [6.45, 7) is 7.25. The Morgan fingerprint density at radius 1 is 0.938 bits per heavy atom. The highest BCUT2D eigenvalue weighted by atomic mass is 32.2. The molecule has 0 aromatic carbocycles. The van der Waals surface area contributed by atoms with Crippen molar-refractivity contribution in [3.63, 3.8) is 0 Å². The van der Waals surface area contributed by atoms with E-state index in [9.17, 15) is 4.21 Å². The van der Waals surface area contributed by atoms with Gasteiger partial charge >= 0.3 is 0 Å². The zero-order valence-corrected chi connectivity index (χ0v) is 11.8. The van der Waals surface area contributed by atoms with Crippen LogP contribution in [0.15, 0.2) is 48.3 Å². The third-order valence-electron chi connectivity index (χ3n) is 1.38. The Labute approximate surface area is 110 Å². The lowest BCUT2D eigenvalue weighted by molar-refractivity contribution is 0.687. The average molecular weight is 274 g/mol. The van der Waals surface area contributed by atoms with Crippen LogP contribution in [0, 0.1) is 0 Å². The van der Waals surface area contributed by atoms with Crippen molar-refractivity contribution in [1.29, 1.82) is 0 Å². The van der Waals surface area contributed by atoms with Crippen molar-refractivity contribution in [1.82, 2.24) is 0 Å². The molecule has 0 saturated heterocycles. The molecule has 1 nitrogen and oxygen atoms in total. The quantitative estimate of drug-likeness (QED) is 0.447. The lowest BCUT2D eigenvalue weighted by Crippen LogP contribution is -1.96. The summed E-state index contributed by atoms with van der Waals surface area (Å²) in [6.07, 6.45) is 7.61. The van der Waals surface area contributed by atoms with Gasteiger partial charge < -0.3 is 0 Å². The van der Waals surface area contributed by atoms with E-state index in [2.05, 4.69) is 13.2 Å². The first kappa shape index (κ1) is 15.8. The van der Waals surface area contributed by atoms with E-state index >= 15 is 0 Å². The van der Waals surface area contributed by atoms with Crippen molar-refractivity contribution < 1.29 is 4.21 Å². The first-order chi connectivity index (χ1) is 7.81. The van der Waals surface area contributed by atoms with E-state index in [-0.39, 0.29) is 0 Å². The van der Waals surface area contributed by atoms with Gasteiger partial charge in [0.05, 0.1) is 0 Å². The van der Waals surface area contributed by atoms with Crippen LogP contribution in [0.2, 0.25) is 0 Å². The summed E-state index contributed by atoms with van der Waals surface area (Å²) >= 11 is 3.33. The topological polar surface area (TPSA) is 17.1 Å². The van der Waals surface area contributed by atoms with Crippen LogP contribution in [-0.4, -0.2) is 27.2 Å². The van der Waals surface area contributed by atoms with Crippen molar-refractivity contribution >= 4 is 34.3 Å². The molecule has 0 unspecified atom stereocenters. The van der Waals surface area contributed by atoms with Crippen molar-refractivity contribution in [3.05, 3.63) is 48.3 Å². The monoisotopic (exact) mass is 274 g/mol. The van der Waals surface area contributed by atoms with E-state index in [1.807, 2.05) is 35.1 Å². The van der Waals surface area contributed by atoms with E-state index in [1.54, 1.807) is 23.5 Å². The highest BCUT2D eigenvalue weighted by molar-refractivity contribution is 8.02. The van der Waals surface area contributed by atoms with E-state index in [4.69, 9.17) is 0 Å². The van der Waals surface area contributed by atoms with Gasteiger partial charge in [-0.1, -0.05) is 24.3 Å². The minimum atomic E-state index is -0.783. The van der Waals surface area contributed by atoms with Gasteiger partial charge in [-0.3, -0.25) is 4.21 Å². The van der Waals surface area contributed by atoms with Gasteiger partial charge in [0.25, 0.3) is 0 Å². The molecule has 0 aliphatic rings. The van der Waals surface area contributed by atoms with Gasteiger partial charge in [-0.2, -0.15) is 0 Å². The molecular weight excluding hydrogens is 256 g/mol. The maximum Gasteiger partial charge on any atom is 0.0426 e. The Hall–Kier alpha value is -0.190. The van der Waals surface area contributed by atoms with E-state index in [1.165, 1.54) is 0 Å². The molecule has 0 N–H and O–H groups in total. The second-order valence-corrected chi connectivity index (χ2v) is 6.18. The molecule has 90 valence electrons. The van der Waals surface area contributed by atoms with Crippen LogP contribution in [0.25, 0.3) is 0 Å². The number of rotatable bonds is 10. The second-order valence-electron chi connectivity index (χ2n) is 2.76. The predicted octanol–water partition coefficient (Wildman–Crippen LogP) is 3.60. The van der Waals surface area contributed by atoms with Gasteiger partial charge in [0, 0.05) is 33.8 Å². The van der Waals surface area contributed by atoms with Gasteiger partial charge in [-0.15, -0.1) is 36.7 Å². The first-order valence-electron chi connectivity index (χ1n) is 4.91. The SMILES string of the molecule is C=CCSC=CCS(=O)CC=CSCC=C. The molecule has 0 aromatic rings. The third-order valence-corrected chi connectivity index (χ3v) is 4.13. The molecule has 0 heterocycles. The van der Waals surface area contributed by atoms with Crippen molar-refractivity contribution in [2.24, 2.45) is 0 Å². The van der Waals surface area contributed by atoms with Crippen LogP contribution in [0.4, 0.5) is 0 Å². The van der Waals surface area contributed by atoms with Gasteiger partial charge in [0.2, 0.25) is 0 Å². The maximum absolute atomic E-state index is 11.5. The molecule has 0 spiro atoms. The summed E-state index contributed by atoms with van der Waals surface area (Å²) in [5.74, 6) is 3.06. The predicted molar refractivity (Wildman–Crippen MR) is 81.5 cm³/mol. The standard InChI is InChI=1S/C12H18OS3/c1-3-7-14-9-5-11-16(13)12-6-10-15-8-4-2/h3-6,9-10H,1-2,7-8,11-12H2. The fourth-order valence-electron chi connectivity index (χ4n) is 0.745. The fourth-order valence-corrected chi connectivity index (χ4v) is 2.71. The van der Waals surface area contributed by atoms with Crippen LogP contribution in [0.3, 0.4) is 0 Å². The molecule has 0 aromatic heterocycles. The minimum absolute atomic E-state index is 0.626. The summed E-state index contributed by atoms with van der Waals surface area (Å²) in [5, 5.41) is 3.96. The molecule has 0 atom stereocenters. The van der Waals surface area contributed by atoms with Gasteiger partial charge in [0.15, 0.2) is 0 Å². The van der Waals surface area contributed by atoms with Gasteiger partial charge in [-0.05, 0) is 10.8 Å². The molecule has 0 aliphatic heterocycles. The molecule has 4 heteroatoms. The molecule has 0 fully saturated rings. The van der Waals surface area contributed by atoms with E-state index in [0.717, 1.165) is 11.5 Å². The molecule has 0 saturated carbocycles. The van der Waals surface area contributed by atoms with Gasteiger partial charge in [0.1, 0.15) is 0 Å². The van der Waals surface area contributed by atoms with Crippen LogP contribution < -0.4 is 0 Å². The summed E-state index contributed by atoms with van der Waals surface area (Å²) in [5.41, 5.74) is 0. The molecule has 0 bridgehead atoms. The Kier molecular flexibility index (Phi) is 12.7. The van der Waals surface area contributed by atoms with E-state index in [0.29, 0.717) is 11.5 Å². The summed E-state index contributed by atoms with van der Waals surface area (Å²) in [7, 11) is -0.783. The minimum Gasteiger partial charge on any atom is -0.259 e. The van der Waals surface area contributed by atoms with Crippen molar-refractivity contribution in [3.8, 4) is 0 Å². The molecule has 0 rings (SSSR count). The Bertz CT molecular complexity index is 243. The lowest BCUT2D eigenvalue weighted by Gasteiger charge is -1.92. The molecule has 0 radical (unpaired) electrons. The third kappa shape index (κ3) is 11.9. The lowest BCUT2D eigenvalue weighted by atomic mass is 10.7. The normalized spacial score (nSPS) is 13.2. The zero-order valence-electron chi connectivity index (χ0n) is 9.34. The summed E-state index contributed by atoms with van der Waals surface area (Å²) in [4.78, 5) is 0. The highest BCUT2D eigenvalue weighted by Crippen LogP contribution is 2.03. The number of hydrogen-bond donors (Lipinski definition) is 0.